The smallest absolute Gasteiger partial charge is 0.238 e. The number of ether oxygens (including phenoxy) is 2. The second kappa shape index (κ2) is 10.4. The van der Waals surface area contributed by atoms with Gasteiger partial charge in [0.15, 0.2) is 16.6 Å². The molecule has 0 saturated carbocycles. The fourth-order valence-electron chi connectivity index (χ4n) is 3.23. The Balaban J connectivity index is 1.43. The molecule has 1 aliphatic heterocycles. The van der Waals surface area contributed by atoms with E-state index >= 15 is 0 Å². The van der Waals surface area contributed by atoms with Crippen LogP contribution in [0.25, 0.3) is 0 Å². The number of amides is 2. The van der Waals surface area contributed by atoms with Crippen molar-refractivity contribution in [2.24, 2.45) is 0 Å². The Morgan fingerprint density at radius 1 is 1.07 bits per heavy atom. The highest BCUT2D eigenvalue weighted by atomic mass is 32.1. The summed E-state index contributed by atoms with van der Waals surface area (Å²) in [5.74, 6) is 1.03. The second-order valence-corrected chi connectivity index (χ2v) is 8.10. The summed E-state index contributed by atoms with van der Waals surface area (Å²) >= 11 is 1.49. The molecule has 9 nitrogen and oxygen atoms in total. The summed E-state index contributed by atoms with van der Waals surface area (Å²) in [7, 11) is 3.14. The van der Waals surface area contributed by atoms with E-state index in [1.807, 2.05) is 0 Å². The lowest BCUT2D eigenvalue weighted by Crippen LogP contribution is -2.48. The van der Waals surface area contributed by atoms with E-state index in [2.05, 4.69) is 25.4 Å². The number of thiazole rings is 1. The molecule has 0 bridgehead atoms. The Morgan fingerprint density at radius 3 is 2.43 bits per heavy atom. The van der Waals surface area contributed by atoms with Gasteiger partial charge in [0, 0.05) is 62.5 Å². The van der Waals surface area contributed by atoms with E-state index in [1.165, 1.54) is 18.3 Å². The molecular formula is C20H27N5O4S. The van der Waals surface area contributed by atoms with Gasteiger partial charge in [-0.25, -0.2) is 4.98 Å². The van der Waals surface area contributed by atoms with Crippen LogP contribution < -0.4 is 20.1 Å². The second-order valence-electron chi connectivity index (χ2n) is 6.98. The van der Waals surface area contributed by atoms with E-state index in [1.54, 1.807) is 38.6 Å². The van der Waals surface area contributed by atoms with E-state index < -0.39 is 0 Å². The fourth-order valence-corrected chi connectivity index (χ4v) is 4.13. The Labute approximate surface area is 180 Å². The normalized spacial score (nSPS) is 14.9. The fraction of sp³-hybridized carbons (Fsp3) is 0.450. The molecule has 2 N–H and O–H groups in total. The largest absolute Gasteiger partial charge is 0.493 e. The van der Waals surface area contributed by atoms with E-state index in [0.717, 1.165) is 37.6 Å². The minimum Gasteiger partial charge on any atom is -0.493 e. The number of rotatable bonds is 8. The first-order valence-corrected chi connectivity index (χ1v) is 10.5. The molecule has 1 saturated heterocycles. The minimum absolute atomic E-state index is 0.0573. The van der Waals surface area contributed by atoms with Crippen LogP contribution >= 0.6 is 11.3 Å². The molecule has 1 aromatic heterocycles. The van der Waals surface area contributed by atoms with Crippen LogP contribution in [-0.2, 0) is 16.1 Å². The van der Waals surface area contributed by atoms with Crippen LogP contribution in [0.3, 0.4) is 0 Å². The summed E-state index contributed by atoms with van der Waals surface area (Å²) < 4.78 is 10.5. The number of anilines is 2. The van der Waals surface area contributed by atoms with Crippen molar-refractivity contribution < 1.29 is 19.1 Å². The molecule has 2 amide bonds. The third kappa shape index (κ3) is 6.15. The summed E-state index contributed by atoms with van der Waals surface area (Å²) in [6, 6.07) is 5.31. The van der Waals surface area contributed by atoms with Crippen molar-refractivity contribution in [1.82, 2.24) is 14.8 Å². The van der Waals surface area contributed by atoms with Gasteiger partial charge >= 0.3 is 0 Å². The van der Waals surface area contributed by atoms with Crippen molar-refractivity contribution in [3.8, 4) is 11.5 Å². The van der Waals surface area contributed by atoms with Gasteiger partial charge < -0.3 is 20.1 Å². The van der Waals surface area contributed by atoms with E-state index in [-0.39, 0.29) is 11.8 Å². The average molecular weight is 434 g/mol. The lowest BCUT2D eigenvalue weighted by molar-refractivity contribution is -0.117. The van der Waals surface area contributed by atoms with Crippen LogP contribution in [0.15, 0.2) is 24.4 Å². The molecular weight excluding hydrogens is 406 g/mol. The molecule has 0 atom stereocenters. The van der Waals surface area contributed by atoms with Crippen LogP contribution in [0.2, 0.25) is 0 Å². The van der Waals surface area contributed by atoms with Crippen molar-refractivity contribution in [1.29, 1.82) is 0 Å². The molecule has 0 radical (unpaired) electrons. The van der Waals surface area contributed by atoms with Gasteiger partial charge in [-0.1, -0.05) is 0 Å². The van der Waals surface area contributed by atoms with E-state index in [9.17, 15) is 9.59 Å². The quantitative estimate of drug-likeness (QED) is 0.656. The van der Waals surface area contributed by atoms with Crippen LogP contribution in [0, 0.1) is 0 Å². The molecule has 10 heteroatoms. The first-order chi connectivity index (χ1) is 14.5. The number of hydrogen-bond donors (Lipinski definition) is 2. The van der Waals surface area contributed by atoms with Gasteiger partial charge in [-0.2, -0.15) is 0 Å². The molecule has 30 heavy (non-hydrogen) atoms. The number of aromatic nitrogens is 1. The highest BCUT2D eigenvalue weighted by Crippen LogP contribution is 2.29. The Morgan fingerprint density at radius 2 is 1.77 bits per heavy atom. The minimum atomic E-state index is -0.115. The first-order valence-electron chi connectivity index (χ1n) is 9.65. The molecule has 162 valence electrons. The molecule has 1 aromatic carbocycles. The number of benzene rings is 1. The Kier molecular flexibility index (Phi) is 7.61. The Bertz CT molecular complexity index is 880. The molecule has 0 unspecified atom stereocenters. The van der Waals surface area contributed by atoms with Crippen molar-refractivity contribution in [3.05, 3.63) is 29.3 Å². The molecule has 2 aromatic rings. The van der Waals surface area contributed by atoms with Crippen molar-refractivity contribution in [2.45, 2.75) is 13.5 Å². The summed E-state index contributed by atoms with van der Waals surface area (Å²) in [5.41, 5.74) is 0.677. The molecule has 1 fully saturated rings. The predicted molar refractivity (Wildman–Crippen MR) is 116 cm³/mol. The highest BCUT2D eigenvalue weighted by Gasteiger charge is 2.20. The summed E-state index contributed by atoms with van der Waals surface area (Å²) in [6.07, 6.45) is 1.80. The lowest BCUT2D eigenvalue weighted by Gasteiger charge is -2.33. The van der Waals surface area contributed by atoms with Gasteiger partial charge in [0.25, 0.3) is 0 Å². The summed E-state index contributed by atoms with van der Waals surface area (Å²) in [5, 5.41) is 6.25. The van der Waals surface area contributed by atoms with E-state index in [0.29, 0.717) is 28.9 Å². The van der Waals surface area contributed by atoms with Gasteiger partial charge in [0.1, 0.15) is 0 Å². The number of carbonyl (C=O) groups excluding carboxylic acids is 2. The van der Waals surface area contributed by atoms with Crippen molar-refractivity contribution in [3.63, 3.8) is 0 Å². The summed E-state index contributed by atoms with van der Waals surface area (Å²) in [4.78, 5) is 33.3. The molecule has 0 spiro atoms. The molecule has 1 aliphatic rings. The van der Waals surface area contributed by atoms with Crippen LogP contribution in [0.1, 0.15) is 11.8 Å². The number of carbonyl (C=O) groups is 2. The highest BCUT2D eigenvalue weighted by molar-refractivity contribution is 7.15. The van der Waals surface area contributed by atoms with E-state index in [4.69, 9.17) is 9.47 Å². The van der Waals surface area contributed by atoms with Crippen LogP contribution in [-0.4, -0.2) is 73.5 Å². The van der Waals surface area contributed by atoms with Gasteiger partial charge in [-0.15, -0.1) is 11.3 Å². The SMILES string of the molecule is COc1ccc(NC(=O)CN2CCN(Cc3cnc(NC(C)=O)s3)CC2)cc1OC. The number of nitrogens with zero attached hydrogens (tertiary/aromatic N) is 3. The molecule has 0 aliphatic carbocycles. The van der Waals surface area contributed by atoms with Crippen molar-refractivity contribution >= 4 is 34.0 Å². The standard InChI is InChI=1S/C20H27N5O4S/c1-14(26)22-20-21-11-16(30-20)12-24-6-8-25(9-7-24)13-19(27)23-15-4-5-17(28-2)18(10-15)29-3/h4-5,10-11H,6-9,12-13H2,1-3H3,(H,23,27)(H,21,22,26). The zero-order valence-electron chi connectivity index (χ0n) is 17.4. The maximum atomic E-state index is 12.4. The zero-order chi connectivity index (χ0) is 21.5. The van der Waals surface area contributed by atoms with Gasteiger partial charge in [0.2, 0.25) is 11.8 Å². The molecule has 3 rings (SSSR count). The number of piperazine rings is 1. The Hall–Kier alpha value is -2.69. The first kappa shape index (κ1) is 22.0. The maximum absolute atomic E-state index is 12.4. The monoisotopic (exact) mass is 433 g/mol. The number of nitrogens with one attached hydrogen (secondary N) is 2. The topological polar surface area (TPSA) is 96.0 Å². The van der Waals surface area contributed by atoms with Gasteiger partial charge in [-0.3, -0.25) is 19.4 Å². The number of methoxy groups -OCH3 is 2. The third-order valence-electron chi connectivity index (χ3n) is 4.72. The number of hydrogen-bond acceptors (Lipinski definition) is 8. The van der Waals surface area contributed by atoms with Crippen LogP contribution in [0.4, 0.5) is 10.8 Å². The van der Waals surface area contributed by atoms with Gasteiger partial charge in [0.05, 0.1) is 20.8 Å². The average Bonchev–Trinajstić information content (AvgIpc) is 3.15. The van der Waals surface area contributed by atoms with Crippen molar-refractivity contribution in [2.75, 3.05) is 57.6 Å². The van der Waals surface area contributed by atoms with Crippen LogP contribution in [0.5, 0.6) is 11.5 Å². The van der Waals surface area contributed by atoms with Gasteiger partial charge in [-0.05, 0) is 12.1 Å². The predicted octanol–water partition coefficient (Wildman–Crippen LogP) is 1.87. The lowest BCUT2D eigenvalue weighted by atomic mass is 10.2. The zero-order valence-corrected chi connectivity index (χ0v) is 18.3. The molecule has 2 heterocycles. The maximum Gasteiger partial charge on any atom is 0.238 e. The third-order valence-corrected chi connectivity index (χ3v) is 5.61. The summed E-state index contributed by atoms with van der Waals surface area (Å²) in [6.45, 7) is 5.99.